The Kier molecular flexibility index (Phi) is 9.45. The predicted octanol–water partition coefficient (Wildman–Crippen LogP) is 2.61. The number of nitriles is 1. The molecular weight excluding hydrogens is 350 g/mol. The molecule has 144 valence electrons. The summed E-state index contributed by atoms with van der Waals surface area (Å²) in [4.78, 5) is 47.5. The Labute approximate surface area is 158 Å². The van der Waals surface area contributed by atoms with Gasteiger partial charge in [-0.25, -0.2) is 0 Å². The van der Waals surface area contributed by atoms with Crippen molar-refractivity contribution in [2.24, 2.45) is 5.92 Å². The third-order valence-electron chi connectivity index (χ3n) is 3.83. The number of nitrogens with zero attached hydrogens (tertiary/aromatic N) is 1. The van der Waals surface area contributed by atoms with Gasteiger partial charge in [-0.3, -0.25) is 19.2 Å². The third kappa shape index (κ3) is 7.82. The summed E-state index contributed by atoms with van der Waals surface area (Å²) in [5.41, 5.74) is 0.565. The van der Waals surface area contributed by atoms with E-state index in [1.165, 1.54) is 19.1 Å². The van der Waals surface area contributed by atoms with Gasteiger partial charge in [0, 0.05) is 18.9 Å². The molecule has 1 atom stereocenters. The zero-order chi connectivity index (χ0) is 20.2. The first-order valence-electron chi connectivity index (χ1n) is 8.75. The van der Waals surface area contributed by atoms with E-state index in [0.29, 0.717) is 25.0 Å². The van der Waals surface area contributed by atoms with Crippen molar-refractivity contribution in [3.05, 3.63) is 35.4 Å². The molecule has 0 saturated carbocycles. The van der Waals surface area contributed by atoms with Gasteiger partial charge in [0.2, 0.25) is 0 Å². The van der Waals surface area contributed by atoms with E-state index in [4.69, 9.17) is 14.7 Å². The van der Waals surface area contributed by atoms with Crippen LogP contribution in [-0.2, 0) is 23.9 Å². The summed E-state index contributed by atoms with van der Waals surface area (Å²) in [5, 5.41) is 8.98. The number of carbonyl (C=O) groups excluding carboxylic acids is 4. The van der Waals surface area contributed by atoms with E-state index in [-0.39, 0.29) is 24.4 Å². The molecule has 0 saturated heterocycles. The summed E-state index contributed by atoms with van der Waals surface area (Å²) in [6, 6.07) is 8.04. The van der Waals surface area contributed by atoms with Gasteiger partial charge in [-0.2, -0.15) is 5.26 Å². The fraction of sp³-hybridized carbons (Fsp3) is 0.450. The predicted molar refractivity (Wildman–Crippen MR) is 95.7 cm³/mol. The van der Waals surface area contributed by atoms with Crippen LogP contribution in [0.4, 0.5) is 0 Å². The molecule has 0 aliphatic heterocycles. The van der Waals surface area contributed by atoms with E-state index >= 15 is 0 Å². The average Bonchev–Trinajstić information content (AvgIpc) is 2.66. The van der Waals surface area contributed by atoms with Crippen molar-refractivity contribution in [1.29, 1.82) is 5.26 Å². The largest absolute Gasteiger partial charge is 0.466 e. The second kappa shape index (κ2) is 11.6. The molecule has 0 aliphatic carbocycles. The lowest BCUT2D eigenvalue weighted by atomic mass is 9.88. The van der Waals surface area contributed by atoms with Gasteiger partial charge < -0.3 is 9.47 Å². The number of Topliss-reactive ketones (excluding diaryl/α,β-unsaturated/α-hetero) is 2. The van der Waals surface area contributed by atoms with Crippen LogP contribution in [0.25, 0.3) is 0 Å². The molecule has 0 spiro atoms. The quantitative estimate of drug-likeness (QED) is 0.254. The Bertz CT molecular complexity index is 734. The summed E-state index contributed by atoms with van der Waals surface area (Å²) in [6.07, 6.45) is 1.35. The van der Waals surface area contributed by atoms with E-state index in [0.717, 1.165) is 0 Å². The normalized spacial score (nSPS) is 11.1. The van der Waals surface area contributed by atoms with Gasteiger partial charge in [0.15, 0.2) is 18.2 Å². The molecule has 0 fully saturated rings. The molecule has 7 nitrogen and oxygen atoms in total. The molecule has 27 heavy (non-hydrogen) atoms. The number of ketones is 2. The van der Waals surface area contributed by atoms with Gasteiger partial charge in [-0.05, 0) is 31.9 Å². The van der Waals surface area contributed by atoms with Crippen LogP contribution in [0.1, 0.15) is 55.5 Å². The number of unbranched alkanes of at least 4 members (excludes halogenated alkanes) is 1. The number of hydrogen-bond acceptors (Lipinski definition) is 7. The van der Waals surface area contributed by atoms with Gasteiger partial charge in [-0.15, -0.1) is 0 Å². The summed E-state index contributed by atoms with van der Waals surface area (Å²) in [5.74, 6) is -2.87. The lowest BCUT2D eigenvalue weighted by Crippen LogP contribution is -2.28. The number of ether oxygens (including phenoxy) is 2. The first-order valence-corrected chi connectivity index (χ1v) is 8.75. The van der Waals surface area contributed by atoms with Gasteiger partial charge in [0.05, 0.1) is 24.2 Å². The van der Waals surface area contributed by atoms with Crippen molar-refractivity contribution < 1.29 is 28.7 Å². The maximum absolute atomic E-state index is 12.8. The number of benzene rings is 1. The van der Waals surface area contributed by atoms with Crippen molar-refractivity contribution in [1.82, 2.24) is 0 Å². The first-order chi connectivity index (χ1) is 12.9. The molecular formula is C20H23NO6. The molecule has 1 unspecified atom stereocenters. The summed E-state index contributed by atoms with van der Waals surface area (Å²) in [7, 11) is 0. The molecule has 7 heteroatoms. The highest BCUT2D eigenvalue weighted by atomic mass is 16.5. The van der Waals surface area contributed by atoms with Crippen LogP contribution >= 0.6 is 0 Å². The SMILES string of the molecule is CCOC(=O)CCCCC(C(=O)COC(C)=O)C(=O)c1cccc(C#N)c1. The lowest BCUT2D eigenvalue weighted by molar-refractivity contribution is -0.146. The molecule has 0 amide bonds. The van der Waals surface area contributed by atoms with Crippen LogP contribution in [0.2, 0.25) is 0 Å². The molecule has 1 aromatic carbocycles. The zero-order valence-corrected chi connectivity index (χ0v) is 15.5. The fourth-order valence-electron chi connectivity index (χ4n) is 2.51. The second-order valence-electron chi connectivity index (χ2n) is 5.91. The van der Waals surface area contributed by atoms with Crippen LogP contribution in [-0.4, -0.2) is 36.7 Å². The molecule has 0 N–H and O–H groups in total. The van der Waals surface area contributed by atoms with Crippen LogP contribution in [0.5, 0.6) is 0 Å². The summed E-state index contributed by atoms with van der Waals surface area (Å²) >= 11 is 0. The van der Waals surface area contributed by atoms with Gasteiger partial charge in [0.25, 0.3) is 0 Å². The zero-order valence-electron chi connectivity index (χ0n) is 15.5. The topological polar surface area (TPSA) is 111 Å². The van der Waals surface area contributed by atoms with Crippen molar-refractivity contribution in [2.75, 3.05) is 13.2 Å². The van der Waals surface area contributed by atoms with Gasteiger partial charge in [0.1, 0.15) is 0 Å². The minimum Gasteiger partial charge on any atom is -0.466 e. The molecule has 1 rings (SSSR count). The van der Waals surface area contributed by atoms with Crippen molar-refractivity contribution in [2.45, 2.75) is 39.5 Å². The van der Waals surface area contributed by atoms with E-state index in [1.54, 1.807) is 19.1 Å². The third-order valence-corrected chi connectivity index (χ3v) is 3.83. The smallest absolute Gasteiger partial charge is 0.305 e. The minimum absolute atomic E-state index is 0.205. The van der Waals surface area contributed by atoms with Crippen molar-refractivity contribution >= 4 is 23.5 Å². The summed E-state index contributed by atoms with van der Waals surface area (Å²) < 4.78 is 9.57. The second-order valence-corrected chi connectivity index (χ2v) is 5.91. The van der Waals surface area contributed by atoms with Crippen molar-refractivity contribution in [3.8, 4) is 6.07 Å². The van der Waals surface area contributed by atoms with E-state index in [2.05, 4.69) is 0 Å². The Morgan fingerprint density at radius 2 is 1.89 bits per heavy atom. The summed E-state index contributed by atoms with van der Waals surface area (Å²) in [6.45, 7) is 2.72. The molecule has 0 heterocycles. The number of carbonyl (C=O) groups is 4. The molecule has 0 bridgehead atoms. The van der Waals surface area contributed by atoms with Crippen LogP contribution < -0.4 is 0 Å². The molecule has 0 aliphatic rings. The van der Waals surface area contributed by atoms with E-state index < -0.39 is 30.1 Å². The lowest BCUT2D eigenvalue weighted by Gasteiger charge is -2.15. The van der Waals surface area contributed by atoms with Crippen molar-refractivity contribution in [3.63, 3.8) is 0 Å². The van der Waals surface area contributed by atoms with Gasteiger partial charge in [-0.1, -0.05) is 18.6 Å². The molecule has 0 radical (unpaired) electrons. The molecule has 0 aromatic heterocycles. The Morgan fingerprint density at radius 1 is 1.15 bits per heavy atom. The first kappa shape index (κ1) is 22.0. The highest BCUT2D eigenvalue weighted by molar-refractivity contribution is 6.11. The average molecular weight is 373 g/mol. The Morgan fingerprint density at radius 3 is 2.52 bits per heavy atom. The standard InChI is InChI=1S/C20H23NO6/c1-3-26-19(24)10-5-4-9-17(18(23)13-27-14(2)22)20(25)16-8-6-7-15(11-16)12-21/h6-8,11,17H,3-5,9-10,13H2,1-2H3. The number of rotatable bonds is 11. The monoisotopic (exact) mass is 373 g/mol. The van der Waals surface area contributed by atoms with Crippen LogP contribution in [0.3, 0.4) is 0 Å². The van der Waals surface area contributed by atoms with Gasteiger partial charge >= 0.3 is 11.9 Å². The van der Waals surface area contributed by atoms with E-state index in [1.807, 2.05) is 6.07 Å². The van der Waals surface area contributed by atoms with Crippen LogP contribution in [0.15, 0.2) is 24.3 Å². The van der Waals surface area contributed by atoms with E-state index in [9.17, 15) is 19.2 Å². The highest BCUT2D eigenvalue weighted by Crippen LogP contribution is 2.19. The number of hydrogen-bond donors (Lipinski definition) is 0. The van der Waals surface area contributed by atoms with Crippen LogP contribution in [0, 0.1) is 17.2 Å². The molecule has 1 aromatic rings. The minimum atomic E-state index is -1.000. The number of esters is 2. The maximum Gasteiger partial charge on any atom is 0.305 e. The fourth-order valence-corrected chi connectivity index (χ4v) is 2.51. The highest BCUT2D eigenvalue weighted by Gasteiger charge is 2.28. The Hall–Kier alpha value is -3.01. The Balaban J connectivity index is 2.81. The maximum atomic E-state index is 12.8.